The molecule has 0 spiro atoms. The van der Waals surface area contributed by atoms with Crippen LogP contribution in [-0.4, -0.2) is 36.4 Å². The number of nitrogens with zero attached hydrogens (tertiary/aromatic N) is 3. The molecule has 4 rings (SSSR count). The van der Waals surface area contributed by atoms with Gasteiger partial charge in [0.25, 0.3) is 0 Å². The minimum atomic E-state index is -3.19. The number of nitrogens with one attached hydrogen (secondary N) is 1. The molecule has 7 nitrogen and oxygen atoms in total. The second-order valence-corrected chi connectivity index (χ2v) is 8.64. The van der Waals surface area contributed by atoms with Crippen molar-refractivity contribution in [1.82, 2.24) is 9.78 Å². The summed E-state index contributed by atoms with van der Waals surface area (Å²) in [4.78, 5) is 12.4. The van der Waals surface area contributed by atoms with Crippen LogP contribution in [0.2, 0.25) is 0 Å². The third-order valence-corrected chi connectivity index (χ3v) is 6.49. The average molecular weight is 408 g/mol. The molecular formula is C21H20N4O3S. The molecule has 1 aromatic heterocycles. The van der Waals surface area contributed by atoms with Gasteiger partial charge in [-0.2, -0.15) is 5.10 Å². The van der Waals surface area contributed by atoms with Crippen molar-refractivity contribution in [2.45, 2.75) is 6.42 Å². The summed E-state index contributed by atoms with van der Waals surface area (Å²) in [5, 5.41) is 7.06. The van der Waals surface area contributed by atoms with Gasteiger partial charge in [-0.25, -0.2) is 13.1 Å². The standard InChI is InChI=1S/C21H20N4O3S/c26-21(23-19-5-1-2-6-20(19)24-14-3-13-22-24)12-9-17-7-10-18(11-8-17)25-15-4-16-29(25,27)28/h1-3,5-14H,4,15-16H2,(H,23,26)/b12-9+. The van der Waals surface area contributed by atoms with Gasteiger partial charge in [-0.1, -0.05) is 24.3 Å². The van der Waals surface area contributed by atoms with E-state index in [9.17, 15) is 13.2 Å². The lowest BCUT2D eigenvalue weighted by atomic mass is 10.2. The molecule has 1 fully saturated rings. The summed E-state index contributed by atoms with van der Waals surface area (Å²) in [5.74, 6) is -0.0785. The molecule has 0 radical (unpaired) electrons. The van der Waals surface area contributed by atoms with Crippen LogP contribution in [0.5, 0.6) is 0 Å². The van der Waals surface area contributed by atoms with E-state index in [1.807, 2.05) is 36.5 Å². The van der Waals surface area contributed by atoms with Crippen molar-refractivity contribution in [2.75, 3.05) is 21.9 Å². The zero-order valence-electron chi connectivity index (χ0n) is 15.6. The smallest absolute Gasteiger partial charge is 0.248 e. The number of benzene rings is 2. The van der Waals surface area contributed by atoms with E-state index in [0.29, 0.717) is 24.3 Å². The molecule has 0 aliphatic carbocycles. The number of carbonyl (C=O) groups excluding carboxylic acids is 1. The maximum Gasteiger partial charge on any atom is 0.248 e. The highest BCUT2D eigenvalue weighted by atomic mass is 32.2. The third-order valence-electron chi connectivity index (χ3n) is 4.62. The summed E-state index contributed by atoms with van der Waals surface area (Å²) in [6.45, 7) is 0.510. The van der Waals surface area contributed by atoms with Crippen LogP contribution in [0.3, 0.4) is 0 Å². The maximum absolute atomic E-state index is 12.4. The molecule has 1 amide bonds. The van der Waals surface area contributed by atoms with Gasteiger partial charge in [-0.15, -0.1) is 0 Å². The number of amides is 1. The van der Waals surface area contributed by atoms with Gasteiger partial charge in [0.2, 0.25) is 15.9 Å². The predicted octanol–water partition coefficient (Wildman–Crippen LogP) is 3.06. The molecule has 0 saturated carbocycles. The number of carbonyl (C=O) groups is 1. The molecule has 148 valence electrons. The quantitative estimate of drug-likeness (QED) is 0.658. The fourth-order valence-corrected chi connectivity index (χ4v) is 4.78. The number of para-hydroxylation sites is 2. The molecule has 8 heteroatoms. The van der Waals surface area contributed by atoms with E-state index in [1.54, 1.807) is 41.2 Å². The van der Waals surface area contributed by atoms with Gasteiger partial charge in [-0.05, 0) is 48.4 Å². The second-order valence-electron chi connectivity index (χ2n) is 6.62. The Morgan fingerprint density at radius 2 is 1.86 bits per heavy atom. The highest BCUT2D eigenvalue weighted by Gasteiger charge is 2.28. The molecule has 2 heterocycles. The van der Waals surface area contributed by atoms with E-state index in [-0.39, 0.29) is 11.7 Å². The Morgan fingerprint density at radius 3 is 2.55 bits per heavy atom. The van der Waals surface area contributed by atoms with Crippen molar-refractivity contribution in [3.63, 3.8) is 0 Å². The van der Waals surface area contributed by atoms with E-state index < -0.39 is 10.0 Å². The Balaban J connectivity index is 1.44. The minimum absolute atomic E-state index is 0.189. The SMILES string of the molecule is O=C(/C=C/c1ccc(N2CCCS2(=O)=O)cc1)Nc1ccccc1-n1cccn1. The monoisotopic (exact) mass is 408 g/mol. The topological polar surface area (TPSA) is 84.3 Å². The lowest BCUT2D eigenvalue weighted by Crippen LogP contribution is -2.24. The van der Waals surface area contributed by atoms with Crippen molar-refractivity contribution in [3.8, 4) is 5.69 Å². The fourth-order valence-electron chi connectivity index (χ4n) is 3.22. The first kappa shape index (κ1) is 18.9. The van der Waals surface area contributed by atoms with Crippen LogP contribution < -0.4 is 9.62 Å². The summed E-state index contributed by atoms with van der Waals surface area (Å²) in [5.41, 5.74) is 2.88. The first-order chi connectivity index (χ1) is 14.0. The van der Waals surface area contributed by atoms with E-state index in [2.05, 4.69) is 10.4 Å². The van der Waals surface area contributed by atoms with Crippen LogP contribution in [0, 0.1) is 0 Å². The molecule has 29 heavy (non-hydrogen) atoms. The van der Waals surface area contributed by atoms with Gasteiger partial charge < -0.3 is 5.32 Å². The lowest BCUT2D eigenvalue weighted by molar-refractivity contribution is -0.111. The van der Waals surface area contributed by atoms with E-state index in [1.165, 1.54) is 10.4 Å². The third kappa shape index (κ3) is 4.22. The van der Waals surface area contributed by atoms with Crippen LogP contribution >= 0.6 is 0 Å². The van der Waals surface area contributed by atoms with E-state index in [4.69, 9.17) is 0 Å². The Bertz CT molecular complexity index is 1140. The van der Waals surface area contributed by atoms with Crippen molar-refractivity contribution in [1.29, 1.82) is 0 Å². The Hall–Kier alpha value is -3.39. The van der Waals surface area contributed by atoms with Crippen LogP contribution in [-0.2, 0) is 14.8 Å². The Morgan fingerprint density at radius 1 is 1.07 bits per heavy atom. The number of hydrogen-bond acceptors (Lipinski definition) is 4. The summed E-state index contributed by atoms with van der Waals surface area (Å²) < 4.78 is 27.1. The number of hydrogen-bond donors (Lipinski definition) is 1. The molecule has 2 aromatic carbocycles. The molecule has 1 saturated heterocycles. The Kier molecular flexibility index (Phi) is 5.18. The summed E-state index contributed by atoms with van der Waals surface area (Å²) in [6.07, 6.45) is 7.26. The molecule has 1 aliphatic rings. The van der Waals surface area contributed by atoms with Crippen molar-refractivity contribution in [3.05, 3.63) is 78.6 Å². The minimum Gasteiger partial charge on any atom is -0.321 e. The van der Waals surface area contributed by atoms with Gasteiger partial charge in [0, 0.05) is 25.0 Å². The second kappa shape index (κ2) is 7.92. The first-order valence-corrected chi connectivity index (χ1v) is 10.8. The van der Waals surface area contributed by atoms with Crippen LogP contribution in [0.15, 0.2) is 73.1 Å². The zero-order chi connectivity index (χ0) is 20.3. The molecule has 0 bridgehead atoms. The predicted molar refractivity (Wildman–Crippen MR) is 113 cm³/mol. The van der Waals surface area contributed by atoms with Crippen molar-refractivity contribution >= 4 is 33.4 Å². The summed E-state index contributed by atoms with van der Waals surface area (Å²) >= 11 is 0. The lowest BCUT2D eigenvalue weighted by Gasteiger charge is -2.16. The average Bonchev–Trinajstić information content (AvgIpc) is 3.37. The Labute approximate surface area is 169 Å². The summed E-state index contributed by atoms with van der Waals surface area (Å²) in [7, 11) is -3.19. The van der Waals surface area contributed by atoms with Crippen LogP contribution in [0.1, 0.15) is 12.0 Å². The molecule has 3 aromatic rings. The molecule has 0 atom stereocenters. The number of anilines is 2. The van der Waals surface area contributed by atoms with Crippen molar-refractivity contribution < 1.29 is 13.2 Å². The highest BCUT2D eigenvalue weighted by Crippen LogP contribution is 2.24. The highest BCUT2D eigenvalue weighted by molar-refractivity contribution is 7.93. The normalized spacial score (nSPS) is 15.7. The van der Waals surface area contributed by atoms with E-state index >= 15 is 0 Å². The van der Waals surface area contributed by atoms with Gasteiger partial charge in [0.1, 0.15) is 0 Å². The van der Waals surface area contributed by atoms with Gasteiger partial charge in [-0.3, -0.25) is 9.10 Å². The first-order valence-electron chi connectivity index (χ1n) is 9.21. The number of aromatic nitrogens is 2. The van der Waals surface area contributed by atoms with Crippen LogP contribution in [0.25, 0.3) is 11.8 Å². The maximum atomic E-state index is 12.4. The van der Waals surface area contributed by atoms with Gasteiger partial charge in [0.05, 0.1) is 22.8 Å². The fraction of sp³-hybridized carbons (Fsp3) is 0.143. The van der Waals surface area contributed by atoms with Crippen LogP contribution in [0.4, 0.5) is 11.4 Å². The van der Waals surface area contributed by atoms with Gasteiger partial charge >= 0.3 is 0 Å². The zero-order valence-corrected chi connectivity index (χ0v) is 16.4. The van der Waals surface area contributed by atoms with Gasteiger partial charge in [0.15, 0.2) is 0 Å². The number of sulfonamides is 1. The van der Waals surface area contributed by atoms with E-state index in [0.717, 1.165) is 11.3 Å². The number of rotatable bonds is 5. The largest absolute Gasteiger partial charge is 0.321 e. The van der Waals surface area contributed by atoms with Crippen molar-refractivity contribution in [2.24, 2.45) is 0 Å². The summed E-state index contributed by atoms with van der Waals surface area (Å²) in [6, 6.07) is 16.3. The molecular weight excluding hydrogens is 388 g/mol. The molecule has 0 unspecified atom stereocenters. The molecule has 1 aliphatic heterocycles. The molecule has 1 N–H and O–H groups in total.